The second kappa shape index (κ2) is 9.64. The van der Waals surface area contributed by atoms with Crippen LogP contribution in [0.3, 0.4) is 0 Å². The number of fused-ring (bicyclic) bond motifs is 1. The monoisotopic (exact) mass is 481 g/mol. The minimum atomic E-state index is -0.540. The first kappa shape index (κ1) is 22.7. The number of carbonyl (C=O) groups is 2. The predicted molar refractivity (Wildman–Crippen MR) is 127 cm³/mol. The van der Waals surface area contributed by atoms with Gasteiger partial charge in [0.25, 0.3) is 0 Å². The topological polar surface area (TPSA) is 83.1 Å². The fraction of sp³-hybridized carbons (Fsp3) is 0.385. The number of thiophene rings is 1. The molecule has 0 spiro atoms. The third-order valence-corrected chi connectivity index (χ3v) is 7.42. The van der Waals surface area contributed by atoms with Crippen molar-refractivity contribution in [2.24, 2.45) is 0 Å². The number of hydrogen-bond acceptors (Lipinski definition) is 8. The molecule has 1 aliphatic carbocycles. The van der Waals surface area contributed by atoms with Crippen LogP contribution in [0.4, 0.5) is 0 Å². The first-order valence-electron chi connectivity index (χ1n) is 11.5. The molecule has 0 bridgehead atoms. The van der Waals surface area contributed by atoms with E-state index in [0.717, 1.165) is 11.3 Å². The summed E-state index contributed by atoms with van der Waals surface area (Å²) >= 11 is 1.67. The smallest absolute Gasteiger partial charge is 0.336 e. The minimum Gasteiger partial charge on any atom is -0.460 e. The summed E-state index contributed by atoms with van der Waals surface area (Å²) in [5, 5.41) is 5.42. The van der Waals surface area contributed by atoms with Crippen LogP contribution in [0, 0.1) is 0 Å². The molecule has 0 unspecified atom stereocenters. The van der Waals surface area contributed by atoms with E-state index >= 15 is 0 Å². The van der Waals surface area contributed by atoms with Crippen molar-refractivity contribution in [2.75, 3.05) is 26.6 Å². The number of dihydropyridines is 1. The number of ketones is 1. The molecule has 0 saturated carbocycles. The first-order chi connectivity index (χ1) is 16.6. The molecular formula is C26H27NO6S. The van der Waals surface area contributed by atoms with Crippen LogP contribution >= 0.6 is 11.3 Å². The van der Waals surface area contributed by atoms with Gasteiger partial charge >= 0.3 is 5.97 Å². The van der Waals surface area contributed by atoms with Gasteiger partial charge in [0.05, 0.1) is 12.2 Å². The molecule has 1 aromatic carbocycles. The number of rotatable bonds is 7. The number of Topliss-reactive ketones (excluding diaryl/α,β-unsaturated/α-hetero) is 1. The normalized spacial score (nSPS) is 21.4. The molecule has 3 aliphatic rings. The van der Waals surface area contributed by atoms with Crippen LogP contribution in [0.25, 0.3) is 0 Å². The van der Waals surface area contributed by atoms with Gasteiger partial charge in [-0.15, -0.1) is 11.3 Å². The molecule has 2 atom stereocenters. The molecule has 34 heavy (non-hydrogen) atoms. The predicted octanol–water partition coefficient (Wildman–Crippen LogP) is 4.42. The van der Waals surface area contributed by atoms with Crippen LogP contribution in [0.15, 0.2) is 58.3 Å². The second-order valence-corrected chi connectivity index (χ2v) is 9.46. The molecule has 1 N–H and O–H groups in total. The Balaban J connectivity index is 1.53. The highest BCUT2D eigenvalue weighted by Crippen LogP contribution is 2.47. The largest absolute Gasteiger partial charge is 0.460 e. The fourth-order valence-corrected chi connectivity index (χ4v) is 5.71. The van der Waals surface area contributed by atoms with Crippen molar-refractivity contribution in [3.8, 4) is 11.5 Å². The van der Waals surface area contributed by atoms with Crippen LogP contribution in [-0.4, -0.2) is 38.4 Å². The number of benzene rings is 1. The van der Waals surface area contributed by atoms with Crippen molar-refractivity contribution in [1.29, 1.82) is 0 Å². The van der Waals surface area contributed by atoms with E-state index in [1.807, 2.05) is 43.5 Å². The van der Waals surface area contributed by atoms with Crippen molar-refractivity contribution in [3.63, 3.8) is 0 Å². The number of ether oxygens (including phenoxy) is 4. The Morgan fingerprint density at radius 2 is 2.03 bits per heavy atom. The molecule has 1 aromatic heterocycles. The molecule has 5 rings (SSSR count). The third-order valence-electron chi connectivity index (χ3n) is 6.39. The van der Waals surface area contributed by atoms with Gasteiger partial charge in [0.1, 0.15) is 6.61 Å². The van der Waals surface area contributed by atoms with E-state index in [1.165, 1.54) is 4.88 Å². The zero-order valence-electron chi connectivity index (χ0n) is 19.2. The van der Waals surface area contributed by atoms with Gasteiger partial charge in [0.2, 0.25) is 6.79 Å². The Bertz CT molecular complexity index is 1170. The lowest BCUT2D eigenvalue weighted by atomic mass is 9.72. The van der Waals surface area contributed by atoms with Crippen LogP contribution in [0.2, 0.25) is 0 Å². The van der Waals surface area contributed by atoms with Crippen molar-refractivity contribution in [2.45, 2.75) is 38.5 Å². The number of allylic oxidation sites excluding steroid dienone is 3. The first-order valence-corrected chi connectivity index (χ1v) is 12.4. The molecule has 0 amide bonds. The van der Waals surface area contributed by atoms with Crippen molar-refractivity contribution >= 4 is 23.1 Å². The van der Waals surface area contributed by atoms with Gasteiger partial charge in [-0.25, -0.2) is 4.79 Å². The molecule has 3 heterocycles. The lowest BCUT2D eigenvalue weighted by molar-refractivity contribution is -0.140. The van der Waals surface area contributed by atoms with E-state index in [0.29, 0.717) is 54.4 Å². The van der Waals surface area contributed by atoms with E-state index in [2.05, 4.69) is 11.4 Å². The van der Waals surface area contributed by atoms with Crippen LogP contribution in [0.5, 0.6) is 11.5 Å². The Hall–Kier alpha value is -3.10. The quantitative estimate of drug-likeness (QED) is 0.463. The highest BCUT2D eigenvalue weighted by molar-refractivity contribution is 7.10. The van der Waals surface area contributed by atoms with E-state index < -0.39 is 11.9 Å². The molecule has 7 nitrogen and oxygen atoms in total. The van der Waals surface area contributed by atoms with E-state index in [1.54, 1.807) is 11.3 Å². The Morgan fingerprint density at radius 3 is 2.82 bits per heavy atom. The molecule has 8 heteroatoms. The van der Waals surface area contributed by atoms with E-state index in [4.69, 9.17) is 18.9 Å². The van der Waals surface area contributed by atoms with E-state index in [9.17, 15) is 9.59 Å². The molecule has 2 aliphatic heterocycles. The van der Waals surface area contributed by atoms with Gasteiger partial charge < -0.3 is 24.3 Å². The SMILES string of the molecule is CCOCCOC(=O)C1=C(C)NC2=C(C(=O)C[C@H](c3cccs3)C2)[C@H]1c1ccc2c(c1)OCO2. The zero-order valence-corrected chi connectivity index (χ0v) is 20.0. The third kappa shape index (κ3) is 4.23. The highest BCUT2D eigenvalue weighted by atomic mass is 32.1. The zero-order chi connectivity index (χ0) is 23.7. The van der Waals surface area contributed by atoms with Gasteiger partial charge in [0.15, 0.2) is 17.3 Å². The average molecular weight is 482 g/mol. The molecule has 0 fully saturated rings. The summed E-state index contributed by atoms with van der Waals surface area (Å²) in [6, 6.07) is 9.68. The number of nitrogens with one attached hydrogen (secondary N) is 1. The summed E-state index contributed by atoms with van der Waals surface area (Å²) in [4.78, 5) is 28.0. The number of hydrogen-bond donors (Lipinski definition) is 1. The number of carbonyl (C=O) groups excluding carboxylic acids is 2. The Kier molecular flexibility index (Phi) is 6.43. The van der Waals surface area contributed by atoms with Crippen molar-refractivity contribution < 1.29 is 28.5 Å². The van der Waals surface area contributed by atoms with Gasteiger partial charge in [-0.05, 0) is 49.4 Å². The Labute approximate surface area is 202 Å². The highest BCUT2D eigenvalue weighted by Gasteiger charge is 2.42. The standard InChI is InChI=1S/C26H27NO6S/c1-3-30-8-9-31-26(29)23-15(2)27-18-11-17(22-5-4-10-34-22)12-19(28)25(18)24(23)16-6-7-20-21(13-16)33-14-32-20/h4-7,10,13,17,24,27H,3,8-9,11-12,14H2,1-2H3/t17-,24+/m1/s1. The van der Waals surface area contributed by atoms with E-state index in [-0.39, 0.29) is 25.1 Å². The lowest BCUT2D eigenvalue weighted by Crippen LogP contribution is -2.36. The maximum absolute atomic E-state index is 13.6. The van der Waals surface area contributed by atoms with Crippen LogP contribution < -0.4 is 14.8 Å². The summed E-state index contributed by atoms with van der Waals surface area (Å²) < 4.78 is 21.9. The maximum Gasteiger partial charge on any atom is 0.336 e. The molecule has 2 aromatic rings. The summed E-state index contributed by atoms with van der Waals surface area (Å²) in [5.74, 6) is 0.445. The molecule has 0 saturated heterocycles. The van der Waals surface area contributed by atoms with Gasteiger partial charge in [-0.1, -0.05) is 12.1 Å². The average Bonchev–Trinajstić information content (AvgIpc) is 3.52. The fourth-order valence-electron chi connectivity index (χ4n) is 4.88. The van der Waals surface area contributed by atoms with Crippen LogP contribution in [-0.2, 0) is 19.1 Å². The maximum atomic E-state index is 13.6. The van der Waals surface area contributed by atoms with Crippen molar-refractivity contribution in [1.82, 2.24) is 5.32 Å². The summed E-state index contributed by atoms with van der Waals surface area (Å²) in [5.41, 5.74) is 3.45. The van der Waals surface area contributed by atoms with Gasteiger partial charge in [-0.3, -0.25) is 4.79 Å². The van der Waals surface area contributed by atoms with Crippen LogP contribution in [0.1, 0.15) is 49.0 Å². The van der Waals surface area contributed by atoms with Crippen molar-refractivity contribution in [3.05, 3.63) is 68.7 Å². The second-order valence-electron chi connectivity index (χ2n) is 8.48. The number of esters is 1. The summed E-state index contributed by atoms with van der Waals surface area (Å²) in [6.07, 6.45) is 1.13. The molecule has 178 valence electrons. The van der Waals surface area contributed by atoms with Gasteiger partial charge in [0, 0.05) is 46.7 Å². The minimum absolute atomic E-state index is 0.0435. The summed E-state index contributed by atoms with van der Waals surface area (Å²) in [7, 11) is 0. The molecule has 0 radical (unpaired) electrons. The lowest BCUT2D eigenvalue weighted by Gasteiger charge is -2.36. The van der Waals surface area contributed by atoms with Gasteiger partial charge in [-0.2, -0.15) is 0 Å². The summed E-state index contributed by atoms with van der Waals surface area (Å²) in [6.45, 7) is 4.94. The molecular weight excluding hydrogens is 454 g/mol. The Morgan fingerprint density at radius 1 is 1.18 bits per heavy atom.